The molecule has 0 amide bonds. The fraction of sp³-hybridized carbons (Fsp3) is 0.450. The summed E-state index contributed by atoms with van der Waals surface area (Å²) in [5.41, 5.74) is 8.43. The molecule has 33 nitrogen and oxygen atoms in total. The number of benzene rings is 5. The standard InChI is InChI=1S/2C21H27FN2O5S.C20H26FN3O5S.C20H25FN2O4S.C18H21FN2O3S/c2*1-13-4-5-15(17(22)8-13)10-19-18(9-14(2)20(27)24(19)3)23-30(28,29)21(6-7-21)11-16(26)12-25;1-12-4-5-16(15(21)8-12)22-18-17(9-13(2)19(27)24(18)3)23-30(28,29)20(6-7-20)10-14(26)11-25;1-13-4-5-15(16(21)10-13)12-18-17(11-14(2)19(25)23(18)3)22-28(26,27)20(6-7-20)8-9-24;1-11-4-5-13(15(19)8-11)10-17-16(9-12(2)18(22)21(17)3)20-25(23,24)14-6-7-14/h2*4-5,8-9,16,23,25-26H,6-7,10-12H2,1-3H3;4-5,8-9,14,22-23,25-26H,6-7,10-11H2,1-3H3;4-5,10-11,22,24H,6-9,12H2,1-3H3;4-5,8-9,14,20H,6-7,10H2,1-3H3/t2*16-;14-;;/m101../s1. The third kappa shape index (κ3) is 26.0. The number of nitrogens with one attached hydrogen (secondary N) is 6. The second kappa shape index (κ2) is 44.4. The molecule has 0 radical (unpaired) electrons. The summed E-state index contributed by atoms with van der Waals surface area (Å²) >= 11 is 0. The molecule has 3 atom stereocenters. The maximum Gasteiger partial charge on any atom is 0.254 e. The third-order valence-electron chi connectivity index (χ3n) is 26.8. The number of nitrogens with zero attached hydrogens (tertiary/aromatic N) is 5. The lowest BCUT2D eigenvalue weighted by molar-refractivity contribution is 0.0858. The summed E-state index contributed by atoms with van der Waals surface area (Å²) in [5, 5.41) is 68.2. The highest BCUT2D eigenvalue weighted by Gasteiger charge is 2.59. The first kappa shape index (κ1) is 112. The Labute approximate surface area is 828 Å². The van der Waals surface area contributed by atoms with E-state index in [2.05, 4.69) is 28.9 Å². The number of aliphatic hydroxyl groups is 7. The molecule has 10 aromatic rings. The highest BCUT2D eigenvalue weighted by molar-refractivity contribution is 7.95. The van der Waals surface area contributed by atoms with E-state index in [1.807, 2.05) is 0 Å². The summed E-state index contributed by atoms with van der Waals surface area (Å²) in [6.45, 7) is 15.0. The molecule has 5 aliphatic carbocycles. The van der Waals surface area contributed by atoms with Crippen molar-refractivity contribution >= 4 is 90.1 Å². The van der Waals surface area contributed by atoms with Crippen LogP contribution in [0.15, 0.2) is 145 Å². The maximum absolute atomic E-state index is 14.4. The van der Waals surface area contributed by atoms with Crippen LogP contribution in [0.25, 0.3) is 0 Å². The number of rotatable bonds is 36. The molecular formula is C100H126F5N11O22S5. The van der Waals surface area contributed by atoms with E-state index >= 15 is 0 Å². The second-order valence-corrected chi connectivity index (χ2v) is 48.7. The molecule has 5 saturated carbocycles. The Balaban J connectivity index is 0.000000171. The molecule has 5 fully saturated rings. The Morgan fingerprint density at radius 2 is 0.559 bits per heavy atom. The first-order chi connectivity index (χ1) is 66.8. The van der Waals surface area contributed by atoms with Crippen LogP contribution in [0, 0.1) is 98.3 Å². The Kier molecular flexibility index (Phi) is 34.8. The SMILES string of the molecule is Cc1ccc(Cc2c(NS(=O)(=O)C3(CCO)CC3)cc(C)c(=O)n2C)c(F)c1.Cc1ccc(Cc2c(NS(=O)(=O)C3(C[C@@H](O)CO)CC3)cc(C)c(=O)n2C)c(F)c1.Cc1ccc(Cc2c(NS(=O)(=O)C3(C[C@H](O)CO)CC3)cc(C)c(=O)n2C)c(F)c1.Cc1ccc(Cc2c(NS(=O)(=O)C3CC3)cc(C)c(=O)n2C)c(F)c1.Cc1ccc(Nc2c(NS(=O)(=O)C3(C[C@@H](O)CO)CC3)cc(C)c(=O)n2C)c(F)c1. The monoisotopic (exact) mass is 2090 g/mol. The molecule has 5 aliphatic rings. The smallest absolute Gasteiger partial charge is 0.254 e. The van der Waals surface area contributed by atoms with Gasteiger partial charge in [-0.3, -0.25) is 52.2 Å². The molecule has 43 heteroatoms. The number of sulfonamides is 5. The normalized spacial score (nSPS) is 15.8. The van der Waals surface area contributed by atoms with Crippen molar-refractivity contribution in [1.82, 2.24) is 22.8 Å². The van der Waals surface area contributed by atoms with E-state index in [-0.39, 0.29) is 131 Å². The number of anilines is 7. The van der Waals surface area contributed by atoms with E-state index < -0.39 is 131 Å². The zero-order valence-corrected chi connectivity index (χ0v) is 86.4. The first-order valence-corrected chi connectivity index (χ1v) is 53.9. The number of hydrogen-bond acceptors (Lipinski definition) is 23. The van der Waals surface area contributed by atoms with Crippen molar-refractivity contribution in [2.75, 3.05) is 55.4 Å². The zero-order valence-electron chi connectivity index (χ0n) is 82.3. The molecule has 5 heterocycles. The fourth-order valence-corrected chi connectivity index (χ4v) is 25.3. The molecule has 0 bridgehead atoms. The van der Waals surface area contributed by atoms with Crippen LogP contribution in [0.1, 0.15) is 191 Å². The van der Waals surface area contributed by atoms with E-state index in [9.17, 15) is 108 Å². The van der Waals surface area contributed by atoms with E-state index in [1.165, 1.54) is 111 Å². The van der Waals surface area contributed by atoms with Crippen LogP contribution in [0.2, 0.25) is 0 Å². The van der Waals surface area contributed by atoms with Crippen molar-refractivity contribution in [1.29, 1.82) is 0 Å². The van der Waals surface area contributed by atoms with Crippen LogP contribution in [0.3, 0.4) is 0 Å². The zero-order chi connectivity index (χ0) is 106. The average Bonchev–Trinajstić information content (AvgIpc) is 1.58. The molecular weight excluding hydrogens is 1960 g/mol. The Bertz CT molecular complexity index is 7040. The Morgan fingerprint density at radius 1 is 0.322 bits per heavy atom. The van der Waals surface area contributed by atoms with Gasteiger partial charge < -0.3 is 59.3 Å². The van der Waals surface area contributed by atoms with Gasteiger partial charge in [0.2, 0.25) is 50.1 Å². The first-order valence-electron chi connectivity index (χ1n) is 46.4. The van der Waals surface area contributed by atoms with Crippen molar-refractivity contribution < 1.29 is 99.8 Å². The number of aromatic nitrogens is 5. The molecule has 0 saturated heterocycles. The topological polar surface area (TPSA) is 494 Å². The largest absolute Gasteiger partial charge is 0.396 e. The van der Waals surface area contributed by atoms with Gasteiger partial charge in [0.1, 0.15) is 34.9 Å². The maximum atomic E-state index is 14.4. The summed E-state index contributed by atoms with van der Waals surface area (Å²) in [5.74, 6) is -2.08. The average molecular weight is 2090 g/mol. The van der Waals surface area contributed by atoms with Crippen LogP contribution in [0.5, 0.6) is 0 Å². The van der Waals surface area contributed by atoms with Gasteiger partial charge in [-0.25, -0.2) is 64.0 Å². The number of halogens is 5. The lowest BCUT2D eigenvalue weighted by Gasteiger charge is -2.23. The number of pyridine rings is 5. The van der Waals surface area contributed by atoms with E-state index in [1.54, 1.807) is 138 Å². The molecule has 0 aliphatic heterocycles. The summed E-state index contributed by atoms with van der Waals surface area (Å²) < 4.78 is 216. The fourth-order valence-electron chi connectivity index (χ4n) is 17.1. The minimum atomic E-state index is -3.96. The predicted octanol–water partition coefficient (Wildman–Crippen LogP) is 10.4. The van der Waals surface area contributed by atoms with E-state index in [4.69, 9.17) is 15.3 Å². The summed E-state index contributed by atoms with van der Waals surface area (Å²) in [7, 11) is -11.4. The predicted molar refractivity (Wildman–Crippen MR) is 541 cm³/mol. The van der Waals surface area contributed by atoms with Crippen molar-refractivity contribution in [3.05, 3.63) is 303 Å². The van der Waals surface area contributed by atoms with Gasteiger partial charge in [0.25, 0.3) is 27.8 Å². The Hall–Kier alpha value is -11.2. The minimum absolute atomic E-state index is 0.0300. The molecule has 0 unspecified atom stereocenters. The van der Waals surface area contributed by atoms with Crippen molar-refractivity contribution in [3.8, 4) is 0 Å². The molecule has 778 valence electrons. The van der Waals surface area contributed by atoms with Gasteiger partial charge in [-0.1, -0.05) is 54.6 Å². The van der Waals surface area contributed by atoms with Crippen LogP contribution in [0.4, 0.5) is 61.9 Å². The van der Waals surface area contributed by atoms with Gasteiger partial charge in [-0.15, -0.1) is 0 Å². The highest BCUT2D eigenvalue weighted by Crippen LogP contribution is 2.52. The lowest BCUT2D eigenvalue weighted by atomic mass is 10.0. The number of aryl methyl sites for hydroxylation is 10. The van der Waals surface area contributed by atoms with Gasteiger partial charge >= 0.3 is 0 Å². The van der Waals surface area contributed by atoms with Crippen LogP contribution < -0.4 is 56.7 Å². The van der Waals surface area contributed by atoms with Gasteiger partial charge in [-0.2, -0.15) is 0 Å². The van der Waals surface area contributed by atoms with Crippen molar-refractivity contribution in [2.24, 2.45) is 35.2 Å². The van der Waals surface area contributed by atoms with Crippen LogP contribution >= 0.6 is 0 Å². The van der Waals surface area contributed by atoms with E-state index in [0.29, 0.717) is 143 Å². The van der Waals surface area contributed by atoms with Gasteiger partial charge in [0, 0.05) is 118 Å². The van der Waals surface area contributed by atoms with Crippen LogP contribution in [-0.4, -0.2) is 170 Å². The molecule has 5 aromatic heterocycles. The summed E-state index contributed by atoms with van der Waals surface area (Å²) in [4.78, 5) is 62.0. The third-order valence-corrected chi connectivity index (χ3v) is 37.5. The van der Waals surface area contributed by atoms with Crippen molar-refractivity contribution in [3.63, 3.8) is 0 Å². The van der Waals surface area contributed by atoms with Crippen molar-refractivity contribution in [2.45, 2.75) is 227 Å². The minimum Gasteiger partial charge on any atom is -0.396 e. The molecule has 15 rings (SSSR count). The highest BCUT2D eigenvalue weighted by atomic mass is 32.2. The molecule has 143 heavy (non-hydrogen) atoms. The van der Waals surface area contributed by atoms with E-state index in [0.717, 1.165) is 27.8 Å². The quantitative estimate of drug-likeness (QED) is 0.0162. The van der Waals surface area contributed by atoms with Gasteiger partial charge in [0.15, 0.2) is 0 Å². The second-order valence-electron chi connectivity index (χ2n) is 38.5. The summed E-state index contributed by atoms with van der Waals surface area (Å²) in [6.07, 6.45) is 1.16. The van der Waals surface area contributed by atoms with Gasteiger partial charge in [0.05, 0.1) is 96.5 Å². The number of aliphatic hydroxyl groups excluding tert-OH is 7. The lowest BCUT2D eigenvalue weighted by Crippen LogP contribution is -2.35. The number of hydrogen-bond donors (Lipinski definition) is 13. The van der Waals surface area contributed by atoms with Gasteiger partial charge in [-0.05, 0) is 276 Å². The summed E-state index contributed by atoms with van der Waals surface area (Å²) in [6, 6.07) is 31.1. The molecule has 0 spiro atoms. The Morgan fingerprint density at radius 3 is 0.804 bits per heavy atom. The van der Waals surface area contributed by atoms with Crippen LogP contribution in [-0.2, 0) is 111 Å². The molecule has 13 N–H and O–H groups in total. The molecule has 5 aromatic carbocycles.